The van der Waals surface area contributed by atoms with Gasteiger partial charge in [0.05, 0.1) is 6.42 Å². The molecule has 0 radical (unpaired) electrons. The van der Waals surface area contributed by atoms with Crippen LogP contribution in [0.2, 0.25) is 0 Å². The Morgan fingerprint density at radius 1 is 1.08 bits per heavy atom. The van der Waals surface area contributed by atoms with Gasteiger partial charge in [-0.2, -0.15) is 0 Å². The number of carbonyl (C=O) groups is 2. The van der Waals surface area contributed by atoms with Crippen molar-refractivity contribution in [1.82, 2.24) is 5.32 Å². The summed E-state index contributed by atoms with van der Waals surface area (Å²) in [5.41, 5.74) is 5.49. The maximum Gasteiger partial charge on any atom is 0.305 e. The molecule has 5 nitrogen and oxygen atoms in total. The topological polar surface area (TPSA) is 75.6 Å². The second kappa shape index (κ2) is 12.6. The first kappa shape index (κ1) is 27.3. The summed E-state index contributed by atoms with van der Waals surface area (Å²) >= 11 is 0. The molecule has 2 atom stereocenters. The smallest absolute Gasteiger partial charge is 0.305 e. The lowest BCUT2D eigenvalue weighted by atomic mass is 9.87. The number of carbonyl (C=O) groups excluding carboxylic acids is 1. The molecule has 0 fully saturated rings. The highest BCUT2D eigenvalue weighted by Gasteiger charge is 2.25. The van der Waals surface area contributed by atoms with Gasteiger partial charge in [-0.25, -0.2) is 0 Å². The first-order valence-electron chi connectivity index (χ1n) is 12.9. The molecule has 1 amide bonds. The van der Waals surface area contributed by atoms with Gasteiger partial charge in [0.25, 0.3) is 5.91 Å². The third-order valence-electron chi connectivity index (χ3n) is 6.57. The highest BCUT2D eigenvalue weighted by molar-refractivity contribution is 5.96. The molecule has 5 heteroatoms. The third kappa shape index (κ3) is 7.58. The normalized spacial score (nSPS) is 16.1. The number of carboxylic acid groups (broad SMARTS) is 1. The van der Waals surface area contributed by atoms with E-state index in [4.69, 9.17) is 9.84 Å². The van der Waals surface area contributed by atoms with Gasteiger partial charge in [-0.05, 0) is 66.0 Å². The van der Waals surface area contributed by atoms with Crippen LogP contribution in [0.4, 0.5) is 0 Å². The van der Waals surface area contributed by atoms with Crippen molar-refractivity contribution in [3.8, 4) is 16.9 Å². The van der Waals surface area contributed by atoms with Crippen LogP contribution < -0.4 is 10.1 Å². The van der Waals surface area contributed by atoms with Crippen LogP contribution in [0.15, 0.2) is 66.3 Å². The minimum Gasteiger partial charge on any atom is -0.490 e. The predicted molar refractivity (Wildman–Crippen MR) is 145 cm³/mol. The number of aliphatic carboxylic acids is 1. The van der Waals surface area contributed by atoms with Crippen molar-refractivity contribution < 1.29 is 19.4 Å². The molecule has 192 valence electrons. The Hall–Kier alpha value is -3.34. The lowest BCUT2D eigenvalue weighted by molar-refractivity contribution is -0.136. The number of aryl methyl sites for hydroxylation is 1. The lowest BCUT2D eigenvalue weighted by Gasteiger charge is -2.29. The quantitative estimate of drug-likeness (QED) is 0.369. The highest BCUT2D eigenvalue weighted by Crippen LogP contribution is 2.32. The van der Waals surface area contributed by atoms with E-state index >= 15 is 0 Å². The molecule has 2 aromatic rings. The Kier molecular flexibility index (Phi) is 9.51. The zero-order valence-corrected chi connectivity index (χ0v) is 22.1. The molecule has 0 aromatic heterocycles. The fraction of sp³-hybridized carbons (Fsp3) is 0.419. The molecule has 1 aliphatic carbocycles. The third-order valence-corrected chi connectivity index (χ3v) is 6.57. The van der Waals surface area contributed by atoms with Crippen molar-refractivity contribution in [3.05, 3.63) is 77.4 Å². The summed E-state index contributed by atoms with van der Waals surface area (Å²) < 4.78 is 6.53. The molecule has 36 heavy (non-hydrogen) atoms. The van der Waals surface area contributed by atoms with E-state index < -0.39 is 5.97 Å². The second-order valence-corrected chi connectivity index (χ2v) is 10.4. The molecule has 3 rings (SSSR count). The van der Waals surface area contributed by atoms with E-state index in [1.54, 1.807) is 0 Å². The summed E-state index contributed by atoms with van der Waals surface area (Å²) in [6.07, 6.45) is 7.32. The summed E-state index contributed by atoms with van der Waals surface area (Å²) in [6, 6.07) is 15.1. The maximum absolute atomic E-state index is 12.3. The molecule has 0 saturated heterocycles. The molecular weight excluding hydrogens is 450 g/mol. The highest BCUT2D eigenvalue weighted by atomic mass is 16.5. The van der Waals surface area contributed by atoms with Crippen LogP contribution in [-0.2, 0) is 9.59 Å². The van der Waals surface area contributed by atoms with E-state index in [1.807, 2.05) is 12.2 Å². The minimum atomic E-state index is -0.926. The molecule has 0 saturated carbocycles. The zero-order valence-electron chi connectivity index (χ0n) is 22.1. The Balaban J connectivity index is 1.68. The van der Waals surface area contributed by atoms with Crippen LogP contribution in [0.1, 0.15) is 64.0 Å². The summed E-state index contributed by atoms with van der Waals surface area (Å²) in [5, 5.41) is 11.4. The van der Waals surface area contributed by atoms with Gasteiger partial charge < -0.3 is 15.2 Å². The summed E-state index contributed by atoms with van der Waals surface area (Å²) in [7, 11) is 0. The Morgan fingerprint density at radius 3 is 2.36 bits per heavy atom. The van der Waals surface area contributed by atoms with Crippen molar-refractivity contribution in [2.75, 3.05) is 6.54 Å². The molecule has 0 aliphatic heterocycles. The van der Waals surface area contributed by atoms with E-state index in [0.29, 0.717) is 23.8 Å². The zero-order chi connectivity index (χ0) is 26.2. The van der Waals surface area contributed by atoms with Crippen molar-refractivity contribution in [3.63, 3.8) is 0 Å². The molecule has 0 heterocycles. The van der Waals surface area contributed by atoms with Gasteiger partial charge in [-0.1, -0.05) is 76.3 Å². The van der Waals surface area contributed by atoms with E-state index in [-0.39, 0.29) is 30.9 Å². The first-order chi connectivity index (χ1) is 17.1. The summed E-state index contributed by atoms with van der Waals surface area (Å²) in [4.78, 5) is 23.0. The molecule has 0 spiro atoms. The van der Waals surface area contributed by atoms with E-state index in [9.17, 15) is 9.59 Å². The summed E-state index contributed by atoms with van der Waals surface area (Å²) in [6.45, 7) is 11.0. The van der Waals surface area contributed by atoms with Crippen molar-refractivity contribution in [2.45, 2.75) is 65.9 Å². The van der Waals surface area contributed by atoms with Crippen molar-refractivity contribution in [1.29, 1.82) is 0 Å². The second-order valence-electron chi connectivity index (χ2n) is 10.4. The van der Waals surface area contributed by atoms with Crippen molar-refractivity contribution in [2.24, 2.45) is 11.8 Å². The van der Waals surface area contributed by atoms with Crippen LogP contribution in [0.3, 0.4) is 0 Å². The lowest BCUT2D eigenvalue weighted by Crippen LogP contribution is -2.30. The number of hydrogen-bond acceptors (Lipinski definition) is 3. The fourth-order valence-electron chi connectivity index (χ4n) is 4.50. The number of allylic oxidation sites excluding steroid dienone is 1. The molecular formula is C31H39NO4. The number of amides is 1. The molecule has 2 unspecified atom stereocenters. The Morgan fingerprint density at radius 2 is 1.81 bits per heavy atom. The van der Waals surface area contributed by atoms with E-state index in [0.717, 1.165) is 12.2 Å². The number of nitrogens with one attached hydrogen (secondary N) is 1. The van der Waals surface area contributed by atoms with Gasteiger partial charge in [0.15, 0.2) is 0 Å². The average molecular weight is 490 g/mol. The first-order valence-corrected chi connectivity index (χ1v) is 12.9. The standard InChI is InChI=1S/C31H39NO4/c1-20(2)18-29(25-10-12-26(13-11-25)31(35)32-17-16-30(33)34)36-27-14-15-28(22(5)19-27)24-8-6-23(7-9-24)21(3)4/h6-10,12-15,19-21,25,29H,11,16-18H2,1-5H3,(H,32,35)(H,33,34). The van der Waals surface area contributed by atoms with Gasteiger partial charge in [0.1, 0.15) is 11.9 Å². The van der Waals surface area contributed by atoms with Crippen LogP contribution in [0.5, 0.6) is 5.75 Å². The summed E-state index contributed by atoms with van der Waals surface area (Å²) in [5.74, 6) is 0.832. The largest absolute Gasteiger partial charge is 0.490 e. The monoisotopic (exact) mass is 489 g/mol. The molecule has 2 N–H and O–H groups in total. The maximum atomic E-state index is 12.3. The fourth-order valence-corrected chi connectivity index (χ4v) is 4.50. The van der Waals surface area contributed by atoms with Crippen LogP contribution in [0.25, 0.3) is 11.1 Å². The number of hydrogen-bond donors (Lipinski definition) is 2. The average Bonchev–Trinajstić information content (AvgIpc) is 2.83. The van der Waals surface area contributed by atoms with Crippen LogP contribution in [0, 0.1) is 18.8 Å². The van der Waals surface area contributed by atoms with E-state index in [1.165, 1.54) is 22.3 Å². The SMILES string of the molecule is Cc1cc(OC(CC(C)C)C2C=CC(C(=O)NCCC(=O)O)=CC2)ccc1-c1ccc(C(C)C)cc1. The van der Waals surface area contributed by atoms with E-state index in [2.05, 4.69) is 88.5 Å². The molecule has 0 bridgehead atoms. The van der Waals surface area contributed by atoms with Crippen molar-refractivity contribution >= 4 is 11.9 Å². The van der Waals surface area contributed by atoms with Crippen LogP contribution >= 0.6 is 0 Å². The van der Waals surface area contributed by atoms with Crippen LogP contribution in [-0.4, -0.2) is 29.6 Å². The van der Waals surface area contributed by atoms with Gasteiger partial charge in [0.2, 0.25) is 0 Å². The van der Waals surface area contributed by atoms with Gasteiger partial charge in [0, 0.05) is 18.0 Å². The number of benzene rings is 2. The number of rotatable bonds is 11. The minimum absolute atomic E-state index is 0.00954. The van der Waals surface area contributed by atoms with Gasteiger partial charge >= 0.3 is 5.97 Å². The van der Waals surface area contributed by atoms with Gasteiger partial charge in [-0.15, -0.1) is 0 Å². The number of ether oxygens (including phenoxy) is 1. The van der Waals surface area contributed by atoms with Gasteiger partial charge in [-0.3, -0.25) is 9.59 Å². The number of carboxylic acids is 1. The Bertz CT molecular complexity index is 1110. The Labute approximate surface area is 215 Å². The molecule has 2 aromatic carbocycles. The molecule has 1 aliphatic rings. The predicted octanol–water partition coefficient (Wildman–Crippen LogP) is 6.67.